The molecule has 4 atom stereocenters. The normalized spacial score (nSPS) is 25.9. The van der Waals surface area contributed by atoms with Crippen LogP contribution in [0.4, 0.5) is 0 Å². The van der Waals surface area contributed by atoms with E-state index >= 15 is 0 Å². The number of nitrogens with one attached hydrogen (secondary N) is 1. The molecule has 0 saturated carbocycles. The summed E-state index contributed by atoms with van der Waals surface area (Å²) in [6.07, 6.45) is 3.64. The van der Waals surface area contributed by atoms with E-state index in [1.807, 2.05) is 20.0 Å². The number of aliphatic hydroxyl groups excluding tert-OH is 1. The van der Waals surface area contributed by atoms with Crippen LogP contribution in [0.2, 0.25) is 0 Å². The lowest BCUT2D eigenvalue weighted by Crippen LogP contribution is -2.39. The van der Waals surface area contributed by atoms with Crippen molar-refractivity contribution in [3.8, 4) is 0 Å². The van der Waals surface area contributed by atoms with E-state index in [0.29, 0.717) is 0 Å². The largest absolute Gasteiger partial charge is 0.378 e. The number of aryl methyl sites for hydroxylation is 1. The summed E-state index contributed by atoms with van der Waals surface area (Å²) in [5.74, 6) is 0.986. The van der Waals surface area contributed by atoms with E-state index < -0.39 is 6.23 Å². The molecule has 2 heterocycles. The van der Waals surface area contributed by atoms with Gasteiger partial charge in [-0.05, 0) is 19.8 Å². The Morgan fingerprint density at radius 3 is 3.00 bits per heavy atom. The minimum Gasteiger partial charge on any atom is -0.378 e. The molecule has 1 aromatic rings. The quantitative estimate of drug-likeness (QED) is 0.787. The van der Waals surface area contributed by atoms with Crippen molar-refractivity contribution in [2.75, 3.05) is 6.54 Å². The fourth-order valence-electron chi connectivity index (χ4n) is 2.30. The summed E-state index contributed by atoms with van der Waals surface area (Å²) in [6, 6.07) is 0.242. The molecule has 1 fully saturated rings. The van der Waals surface area contributed by atoms with Gasteiger partial charge in [0.15, 0.2) is 0 Å². The molecule has 1 saturated heterocycles. The minimum atomic E-state index is -0.400. The Balaban J connectivity index is 2.15. The van der Waals surface area contributed by atoms with E-state index in [1.54, 1.807) is 0 Å². The number of likely N-dealkylation sites (tertiary alicyclic amines) is 1. The average molecular weight is 241 g/mol. The van der Waals surface area contributed by atoms with Crippen molar-refractivity contribution < 1.29 is 5.11 Å². The van der Waals surface area contributed by atoms with E-state index in [-0.39, 0.29) is 11.7 Å². The van der Waals surface area contributed by atoms with Crippen molar-refractivity contribution in [1.82, 2.24) is 14.9 Å². The number of imidazole rings is 1. The van der Waals surface area contributed by atoms with Crippen LogP contribution in [0.25, 0.3) is 0 Å². The maximum Gasteiger partial charge on any atom is 0.123 e. The maximum absolute atomic E-state index is 10.1. The molecular weight excluding hydrogens is 221 g/mol. The van der Waals surface area contributed by atoms with Gasteiger partial charge in [0, 0.05) is 24.1 Å². The van der Waals surface area contributed by atoms with Crippen molar-refractivity contribution >= 4 is 9.24 Å². The number of aliphatic hydroxyl groups is 1. The summed E-state index contributed by atoms with van der Waals surface area (Å²) < 4.78 is 0. The highest BCUT2D eigenvalue weighted by Gasteiger charge is 2.33. The number of aromatic nitrogens is 2. The predicted octanol–water partition coefficient (Wildman–Crippen LogP) is 1.44. The van der Waals surface area contributed by atoms with Gasteiger partial charge < -0.3 is 10.1 Å². The second kappa shape index (κ2) is 4.82. The van der Waals surface area contributed by atoms with Gasteiger partial charge in [0.05, 0.1) is 6.04 Å². The smallest absolute Gasteiger partial charge is 0.123 e. The van der Waals surface area contributed by atoms with E-state index in [2.05, 4.69) is 24.1 Å². The van der Waals surface area contributed by atoms with Gasteiger partial charge >= 0.3 is 0 Å². The number of hydrogen-bond acceptors (Lipinski definition) is 3. The van der Waals surface area contributed by atoms with Crippen LogP contribution in [0.5, 0.6) is 0 Å². The molecule has 0 radical (unpaired) electrons. The summed E-state index contributed by atoms with van der Waals surface area (Å²) in [7, 11) is 2.66. The molecule has 0 aromatic carbocycles. The van der Waals surface area contributed by atoms with E-state index in [1.165, 1.54) is 0 Å². The number of rotatable bonds is 3. The Morgan fingerprint density at radius 1 is 1.69 bits per heavy atom. The average Bonchev–Trinajstić information content (AvgIpc) is 2.83. The molecule has 0 aliphatic carbocycles. The predicted molar refractivity (Wildman–Crippen MR) is 67.2 cm³/mol. The molecule has 90 valence electrons. The van der Waals surface area contributed by atoms with E-state index in [4.69, 9.17) is 0 Å². The standard InChI is InChI=1S/C11H20N3OP/c1-7-6-12-10(13-7)9-4-3-5-14(9)11(15)8(2)16/h6,8-9,11,15H,3-5,16H2,1-2H3,(H,12,13). The van der Waals surface area contributed by atoms with E-state index in [9.17, 15) is 5.11 Å². The van der Waals surface area contributed by atoms with Crippen molar-refractivity contribution in [1.29, 1.82) is 0 Å². The second-order valence-corrected chi connectivity index (χ2v) is 5.67. The third-order valence-electron chi connectivity index (χ3n) is 3.14. The first-order valence-electron chi connectivity index (χ1n) is 5.80. The van der Waals surface area contributed by atoms with Crippen LogP contribution in [0.15, 0.2) is 6.20 Å². The monoisotopic (exact) mass is 241 g/mol. The first-order chi connectivity index (χ1) is 7.59. The zero-order valence-corrected chi connectivity index (χ0v) is 11.0. The van der Waals surface area contributed by atoms with Crippen molar-refractivity contribution in [2.24, 2.45) is 0 Å². The molecule has 0 bridgehead atoms. The number of hydrogen-bond donors (Lipinski definition) is 2. The molecule has 0 amide bonds. The molecule has 2 rings (SSSR count). The van der Waals surface area contributed by atoms with Gasteiger partial charge in [-0.25, -0.2) is 4.98 Å². The van der Waals surface area contributed by atoms with Crippen LogP contribution in [0.3, 0.4) is 0 Å². The summed E-state index contributed by atoms with van der Waals surface area (Å²) in [6.45, 7) is 4.97. The molecule has 5 heteroatoms. The molecule has 0 spiro atoms. The highest BCUT2D eigenvalue weighted by molar-refractivity contribution is 7.17. The van der Waals surface area contributed by atoms with Gasteiger partial charge in [-0.2, -0.15) is 0 Å². The summed E-state index contributed by atoms with van der Waals surface area (Å²) in [5, 5.41) is 10.1. The molecule has 16 heavy (non-hydrogen) atoms. The molecule has 1 aromatic heterocycles. The SMILES string of the molecule is Cc1cnc(C2CCCN2C(O)C(C)P)[nH]1. The molecule has 4 unspecified atom stereocenters. The van der Waals surface area contributed by atoms with Crippen LogP contribution in [-0.2, 0) is 0 Å². The Morgan fingerprint density at radius 2 is 2.44 bits per heavy atom. The maximum atomic E-state index is 10.1. The topological polar surface area (TPSA) is 52.1 Å². The molecule has 4 nitrogen and oxygen atoms in total. The number of nitrogens with zero attached hydrogens (tertiary/aromatic N) is 2. The third kappa shape index (κ3) is 2.29. The summed E-state index contributed by atoms with van der Waals surface area (Å²) in [4.78, 5) is 9.78. The van der Waals surface area contributed by atoms with Crippen molar-refractivity contribution in [3.05, 3.63) is 17.7 Å². The Kier molecular flexibility index (Phi) is 3.63. The van der Waals surface area contributed by atoms with Gasteiger partial charge in [0.1, 0.15) is 12.1 Å². The van der Waals surface area contributed by atoms with E-state index in [0.717, 1.165) is 30.9 Å². The molecule has 1 aliphatic rings. The summed E-state index contributed by atoms with van der Waals surface area (Å²) >= 11 is 0. The fraction of sp³-hybridized carbons (Fsp3) is 0.727. The summed E-state index contributed by atoms with van der Waals surface area (Å²) in [5.41, 5.74) is 1.26. The molecule has 1 aliphatic heterocycles. The lowest BCUT2D eigenvalue weighted by atomic mass is 10.2. The van der Waals surface area contributed by atoms with Crippen LogP contribution in [0.1, 0.15) is 37.3 Å². The van der Waals surface area contributed by atoms with Crippen molar-refractivity contribution in [3.63, 3.8) is 0 Å². The Labute approximate surface area is 98.7 Å². The molecule has 2 N–H and O–H groups in total. The minimum absolute atomic E-state index is 0.177. The van der Waals surface area contributed by atoms with Crippen molar-refractivity contribution in [2.45, 2.75) is 44.6 Å². The lowest BCUT2D eigenvalue weighted by Gasteiger charge is -2.30. The fourth-order valence-corrected chi connectivity index (χ4v) is 2.52. The second-order valence-electron chi connectivity index (χ2n) is 4.62. The van der Waals surface area contributed by atoms with Gasteiger partial charge in [0.2, 0.25) is 0 Å². The number of H-pyrrole nitrogens is 1. The van der Waals surface area contributed by atoms with Gasteiger partial charge in [0.25, 0.3) is 0 Å². The lowest BCUT2D eigenvalue weighted by molar-refractivity contribution is -0.00573. The zero-order chi connectivity index (χ0) is 11.7. The first-order valence-corrected chi connectivity index (χ1v) is 6.47. The Bertz CT molecular complexity index is 353. The highest BCUT2D eigenvalue weighted by Crippen LogP contribution is 2.32. The third-order valence-corrected chi connectivity index (χ3v) is 3.49. The Hall–Kier alpha value is -0.440. The van der Waals surface area contributed by atoms with Gasteiger partial charge in [-0.1, -0.05) is 6.92 Å². The van der Waals surface area contributed by atoms with Gasteiger partial charge in [-0.3, -0.25) is 4.90 Å². The van der Waals surface area contributed by atoms with Crippen LogP contribution in [-0.4, -0.2) is 38.4 Å². The first kappa shape index (κ1) is 12.0. The highest BCUT2D eigenvalue weighted by atomic mass is 31.0. The van der Waals surface area contributed by atoms with Crippen LogP contribution < -0.4 is 0 Å². The zero-order valence-electron chi connectivity index (χ0n) is 9.85. The van der Waals surface area contributed by atoms with Crippen LogP contribution in [0, 0.1) is 6.92 Å². The molecular formula is C11H20N3OP. The number of aromatic amines is 1. The van der Waals surface area contributed by atoms with Crippen LogP contribution >= 0.6 is 9.24 Å². The van der Waals surface area contributed by atoms with Gasteiger partial charge in [-0.15, -0.1) is 9.24 Å².